The smallest absolute Gasteiger partial charge is 0.0659 e. The molecule has 0 aromatic heterocycles. The Balaban J connectivity index is 3.62. The van der Waals surface area contributed by atoms with Gasteiger partial charge in [0.25, 0.3) is 0 Å². The summed E-state index contributed by atoms with van der Waals surface area (Å²) in [7, 11) is 0. The zero-order valence-corrected chi connectivity index (χ0v) is 6.80. The highest BCUT2D eigenvalue weighted by molar-refractivity contribution is 4.88. The van der Waals surface area contributed by atoms with Crippen LogP contribution in [0.3, 0.4) is 0 Å². The Labute approximate surface area is 63.4 Å². The molecule has 0 aliphatic carbocycles. The van der Waals surface area contributed by atoms with Crippen LogP contribution in [0.1, 0.15) is 26.7 Å². The van der Waals surface area contributed by atoms with Crippen molar-refractivity contribution in [2.75, 3.05) is 0 Å². The molecule has 10 heavy (non-hydrogen) atoms. The lowest BCUT2D eigenvalue weighted by Crippen LogP contribution is -2.00. The molecule has 1 heteroatoms. The van der Waals surface area contributed by atoms with Gasteiger partial charge in [0.15, 0.2) is 0 Å². The lowest BCUT2D eigenvalue weighted by atomic mass is 9.96. The monoisotopic (exact) mass is 137 g/mol. The topological polar surface area (TPSA) is 23.8 Å². The lowest BCUT2D eigenvalue weighted by molar-refractivity contribution is 0.487. The molecule has 0 bridgehead atoms. The number of hydrogen-bond donors (Lipinski definition) is 0. The van der Waals surface area contributed by atoms with Crippen molar-refractivity contribution in [3.63, 3.8) is 0 Å². The van der Waals surface area contributed by atoms with Crippen molar-refractivity contribution in [3.05, 3.63) is 12.7 Å². The largest absolute Gasteiger partial charge is 0.198 e. The fraction of sp³-hybridized carbons (Fsp3) is 0.667. The number of allylic oxidation sites excluding steroid dienone is 1. The SMILES string of the molecule is C=CCC(C#N)CC(C)C. The second-order valence-electron chi connectivity index (χ2n) is 2.98. The minimum Gasteiger partial charge on any atom is -0.198 e. The molecule has 0 aliphatic heterocycles. The molecule has 0 saturated carbocycles. The highest BCUT2D eigenvalue weighted by Crippen LogP contribution is 2.14. The summed E-state index contributed by atoms with van der Waals surface area (Å²) in [5, 5.41) is 8.61. The van der Waals surface area contributed by atoms with Gasteiger partial charge in [-0.3, -0.25) is 0 Å². The summed E-state index contributed by atoms with van der Waals surface area (Å²) in [6.45, 7) is 7.87. The third-order valence-corrected chi connectivity index (χ3v) is 1.39. The highest BCUT2D eigenvalue weighted by Gasteiger charge is 2.06. The summed E-state index contributed by atoms with van der Waals surface area (Å²) in [5.41, 5.74) is 0. The second kappa shape index (κ2) is 5.05. The lowest BCUT2D eigenvalue weighted by Gasteiger charge is -2.07. The Bertz CT molecular complexity index is 130. The molecule has 0 spiro atoms. The summed E-state index contributed by atoms with van der Waals surface area (Å²) >= 11 is 0. The third kappa shape index (κ3) is 4.14. The van der Waals surface area contributed by atoms with Gasteiger partial charge in [-0.25, -0.2) is 0 Å². The normalized spacial score (nSPS) is 12.6. The first kappa shape index (κ1) is 9.23. The van der Waals surface area contributed by atoms with Crippen LogP contribution in [-0.2, 0) is 0 Å². The Hall–Kier alpha value is -0.770. The molecule has 0 aromatic carbocycles. The van der Waals surface area contributed by atoms with Gasteiger partial charge in [-0.1, -0.05) is 19.9 Å². The second-order valence-corrected chi connectivity index (χ2v) is 2.98. The molecule has 0 rings (SSSR count). The molecule has 0 aromatic rings. The first-order chi connectivity index (χ1) is 4.70. The van der Waals surface area contributed by atoms with Crippen molar-refractivity contribution >= 4 is 0 Å². The van der Waals surface area contributed by atoms with Crippen LogP contribution >= 0.6 is 0 Å². The van der Waals surface area contributed by atoms with Crippen LogP contribution in [0.5, 0.6) is 0 Å². The van der Waals surface area contributed by atoms with Crippen molar-refractivity contribution < 1.29 is 0 Å². The molecule has 1 unspecified atom stereocenters. The average Bonchev–Trinajstić information content (AvgIpc) is 1.86. The van der Waals surface area contributed by atoms with Gasteiger partial charge in [-0.15, -0.1) is 6.58 Å². The van der Waals surface area contributed by atoms with E-state index < -0.39 is 0 Å². The van der Waals surface area contributed by atoms with Gasteiger partial charge >= 0.3 is 0 Å². The predicted molar refractivity (Wildman–Crippen MR) is 43.4 cm³/mol. The van der Waals surface area contributed by atoms with Crippen molar-refractivity contribution in [3.8, 4) is 6.07 Å². The predicted octanol–water partition coefficient (Wildman–Crippen LogP) is 2.75. The Morgan fingerprint density at radius 1 is 1.60 bits per heavy atom. The molecule has 0 N–H and O–H groups in total. The van der Waals surface area contributed by atoms with Gasteiger partial charge < -0.3 is 0 Å². The molecule has 0 saturated heterocycles. The zero-order chi connectivity index (χ0) is 7.98. The molecule has 0 aliphatic rings. The maximum absolute atomic E-state index is 8.61. The van der Waals surface area contributed by atoms with Crippen LogP contribution in [0.15, 0.2) is 12.7 Å². The van der Waals surface area contributed by atoms with Gasteiger partial charge in [0.05, 0.1) is 6.07 Å². The van der Waals surface area contributed by atoms with Crippen LogP contribution < -0.4 is 0 Å². The Morgan fingerprint density at radius 3 is 2.50 bits per heavy atom. The minimum absolute atomic E-state index is 0.178. The molecule has 0 heterocycles. The quantitative estimate of drug-likeness (QED) is 0.546. The van der Waals surface area contributed by atoms with E-state index in [1.807, 2.05) is 6.08 Å². The number of rotatable bonds is 4. The number of hydrogen-bond acceptors (Lipinski definition) is 1. The van der Waals surface area contributed by atoms with Crippen molar-refractivity contribution in [2.24, 2.45) is 11.8 Å². The summed E-state index contributed by atoms with van der Waals surface area (Å²) in [6.07, 6.45) is 3.63. The maximum atomic E-state index is 8.61. The van der Waals surface area contributed by atoms with E-state index in [1.54, 1.807) is 0 Å². The molecule has 1 atom stereocenters. The first-order valence-electron chi connectivity index (χ1n) is 3.71. The van der Waals surface area contributed by atoms with Crippen LogP contribution in [0.25, 0.3) is 0 Å². The molecule has 0 amide bonds. The summed E-state index contributed by atoms with van der Waals surface area (Å²) < 4.78 is 0. The minimum atomic E-state index is 0.178. The van der Waals surface area contributed by atoms with E-state index in [0.29, 0.717) is 5.92 Å². The van der Waals surface area contributed by atoms with E-state index in [-0.39, 0.29) is 5.92 Å². The van der Waals surface area contributed by atoms with E-state index in [2.05, 4.69) is 26.5 Å². The molecule has 1 nitrogen and oxygen atoms in total. The van der Waals surface area contributed by atoms with Gasteiger partial charge in [0, 0.05) is 5.92 Å². The first-order valence-corrected chi connectivity index (χ1v) is 3.71. The zero-order valence-electron chi connectivity index (χ0n) is 6.80. The van der Waals surface area contributed by atoms with Crippen LogP contribution in [0.2, 0.25) is 0 Å². The third-order valence-electron chi connectivity index (χ3n) is 1.39. The van der Waals surface area contributed by atoms with E-state index in [9.17, 15) is 0 Å². The fourth-order valence-electron chi connectivity index (χ4n) is 0.972. The Kier molecular flexibility index (Phi) is 4.66. The molecular weight excluding hydrogens is 122 g/mol. The van der Waals surface area contributed by atoms with Crippen molar-refractivity contribution in [2.45, 2.75) is 26.7 Å². The summed E-state index contributed by atoms with van der Waals surface area (Å²) in [4.78, 5) is 0. The fourth-order valence-corrected chi connectivity index (χ4v) is 0.972. The maximum Gasteiger partial charge on any atom is 0.0659 e. The van der Waals surface area contributed by atoms with Crippen LogP contribution in [0, 0.1) is 23.2 Å². The highest BCUT2D eigenvalue weighted by atomic mass is 14.3. The van der Waals surface area contributed by atoms with E-state index >= 15 is 0 Å². The van der Waals surface area contributed by atoms with Crippen LogP contribution in [0.4, 0.5) is 0 Å². The number of nitriles is 1. The van der Waals surface area contributed by atoms with E-state index in [1.165, 1.54) is 0 Å². The summed E-state index contributed by atoms with van der Waals surface area (Å²) in [6, 6.07) is 2.26. The average molecular weight is 137 g/mol. The summed E-state index contributed by atoms with van der Waals surface area (Å²) in [5.74, 6) is 0.794. The van der Waals surface area contributed by atoms with Gasteiger partial charge in [-0.05, 0) is 18.8 Å². The van der Waals surface area contributed by atoms with Gasteiger partial charge in [0.2, 0.25) is 0 Å². The van der Waals surface area contributed by atoms with Crippen molar-refractivity contribution in [1.82, 2.24) is 0 Å². The van der Waals surface area contributed by atoms with E-state index in [0.717, 1.165) is 12.8 Å². The molecule has 0 fully saturated rings. The number of nitrogens with zero attached hydrogens (tertiary/aromatic N) is 1. The Morgan fingerprint density at radius 2 is 2.20 bits per heavy atom. The van der Waals surface area contributed by atoms with E-state index in [4.69, 9.17) is 5.26 Å². The molecular formula is C9H15N. The molecule has 56 valence electrons. The van der Waals surface area contributed by atoms with Crippen molar-refractivity contribution in [1.29, 1.82) is 5.26 Å². The molecule has 0 radical (unpaired) electrons. The van der Waals surface area contributed by atoms with Crippen LogP contribution in [-0.4, -0.2) is 0 Å². The standard InChI is InChI=1S/C9H15N/c1-4-5-9(7-10)6-8(2)3/h4,8-9H,1,5-6H2,2-3H3. The van der Waals surface area contributed by atoms with Gasteiger partial charge in [0.1, 0.15) is 0 Å². The van der Waals surface area contributed by atoms with Gasteiger partial charge in [-0.2, -0.15) is 5.26 Å².